The molecule has 4 heteroatoms. The summed E-state index contributed by atoms with van der Waals surface area (Å²) < 4.78 is 4.55. The Kier molecular flexibility index (Phi) is 5.16. The first-order valence-electron chi connectivity index (χ1n) is 7.50. The standard InChI is InChI=1S/C14H12N2.C5H10O2/c1-10-4-5-13-12(7-10)8-14(16-13)11-3-2-6-15-9-11;1-5(2,3)7-4-6/h2-9,16H,1H3;4H,1-3H3. The van der Waals surface area contributed by atoms with Crippen molar-refractivity contribution in [3.63, 3.8) is 0 Å². The molecule has 0 saturated carbocycles. The monoisotopic (exact) mass is 310 g/mol. The highest BCUT2D eigenvalue weighted by molar-refractivity contribution is 5.86. The van der Waals surface area contributed by atoms with Gasteiger partial charge in [0.2, 0.25) is 0 Å². The Morgan fingerprint density at radius 2 is 1.96 bits per heavy atom. The maximum Gasteiger partial charge on any atom is 0.293 e. The van der Waals surface area contributed by atoms with Crippen molar-refractivity contribution in [1.82, 2.24) is 9.97 Å². The Labute approximate surface area is 136 Å². The van der Waals surface area contributed by atoms with Crippen molar-refractivity contribution in [1.29, 1.82) is 0 Å². The van der Waals surface area contributed by atoms with Crippen LogP contribution in [0.25, 0.3) is 22.2 Å². The van der Waals surface area contributed by atoms with Crippen LogP contribution < -0.4 is 0 Å². The van der Waals surface area contributed by atoms with Crippen LogP contribution in [0.2, 0.25) is 0 Å². The van der Waals surface area contributed by atoms with E-state index in [2.05, 4.69) is 52.0 Å². The number of ether oxygens (including phenoxy) is 1. The molecule has 1 aromatic carbocycles. The van der Waals surface area contributed by atoms with Crippen LogP contribution in [-0.2, 0) is 9.53 Å². The summed E-state index contributed by atoms with van der Waals surface area (Å²) in [5, 5.41) is 1.25. The molecular formula is C19H22N2O2. The number of rotatable bonds is 2. The summed E-state index contributed by atoms with van der Waals surface area (Å²) in [5.74, 6) is 0. The minimum Gasteiger partial charge on any atom is -0.462 e. The number of pyridine rings is 1. The van der Waals surface area contributed by atoms with Gasteiger partial charge < -0.3 is 9.72 Å². The highest BCUT2D eigenvalue weighted by atomic mass is 16.5. The molecule has 120 valence electrons. The lowest BCUT2D eigenvalue weighted by Crippen LogP contribution is -2.17. The van der Waals surface area contributed by atoms with Crippen molar-refractivity contribution in [3.05, 3.63) is 54.4 Å². The van der Waals surface area contributed by atoms with Gasteiger partial charge in [-0.05, 0) is 58.0 Å². The average Bonchev–Trinajstić information content (AvgIpc) is 2.90. The Hall–Kier alpha value is -2.62. The zero-order chi connectivity index (χ0) is 16.9. The molecular weight excluding hydrogens is 288 g/mol. The van der Waals surface area contributed by atoms with Gasteiger partial charge in [0.25, 0.3) is 6.47 Å². The Bertz CT molecular complexity index is 771. The van der Waals surface area contributed by atoms with Gasteiger partial charge in [0.1, 0.15) is 5.60 Å². The number of hydrogen-bond acceptors (Lipinski definition) is 3. The van der Waals surface area contributed by atoms with Crippen molar-refractivity contribution in [3.8, 4) is 11.3 Å². The van der Waals surface area contributed by atoms with E-state index in [1.54, 1.807) is 6.20 Å². The lowest BCUT2D eigenvalue weighted by molar-refractivity contribution is -0.138. The number of carbonyl (C=O) groups is 1. The minimum absolute atomic E-state index is 0.318. The molecule has 2 heterocycles. The third-order valence-corrected chi connectivity index (χ3v) is 3.15. The Balaban J connectivity index is 0.000000236. The van der Waals surface area contributed by atoms with E-state index in [1.165, 1.54) is 16.5 Å². The smallest absolute Gasteiger partial charge is 0.293 e. The number of carbonyl (C=O) groups excluding carboxylic acids is 1. The first-order chi connectivity index (χ1) is 10.9. The van der Waals surface area contributed by atoms with Crippen LogP contribution >= 0.6 is 0 Å². The van der Waals surface area contributed by atoms with Crippen LogP contribution in [0.5, 0.6) is 0 Å². The van der Waals surface area contributed by atoms with Crippen molar-refractivity contribution in [2.75, 3.05) is 0 Å². The summed E-state index contributed by atoms with van der Waals surface area (Å²) in [6.45, 7) is 8.03. The summed E-state index contributed by atoms with van der Waals surface area (Å²) in [5.41, 5.74) is 4.38. The maximum atomic E-state index is 9.60. The average molecular weight is 310 g/mol. The SMILES string of the molecule is CC(C)(C)OC=O.Cc1ccc2[nH]c(-c3cccnc3)cc2c1. The van der Waals surface area contributed by atoms with Crippen molar-refractivity contribution in [2.45, 2.75) is 33.3 Å². The van der Waals surface area contributed by atoms with E-state index < -0.39 is 0 Å². The largest absolute Gasteiger partial charge is 0.462 e. The highest BCUT2D eigenvalue weighted by Gasteiger charge is 2.07. The summed E-state index contributed by atoms with van der Waals surface area (Å²) in [4.78, 5) is 17.1. The molecule has 3 rings (SSSR count). The molecule has 1 N–H and O–H groups in total. The fourth-order valence-corrected chi connectivity index (χ4v) is 2.07. The number of aryl methyl sites for hydroxylation is 1. The Morgan fingerprint density at radius 1 is 1.17 bits per heavy atom. The molecule has 23 heavy (non-hydrogen) atoms. The predicted molar refractivity (Wildman–Crippen MR) is 93.2 cm³/mol. The number of nitrogens with one attached hydrogen (secondary N) is 1. The molecule has 0 aliphatic rings. The van der Waals surface area contributed by atoms with Crippen LogP contribution in [-0.4, -0.2) is 22.0 Å². The predicted octanol–water partition coefficient (Wildman–Crippen LogP) is 4.50. The molecule has 2 aromatic heterocycles. The van der Waals surface area contributed by atoms with Gasteiger partial charge >= 0.3 is 0 Å². The van der Waals surface area contributed by atoms with Crippen LogP contribution in [0, 0.1) is 6.92 Å². The van der Waals surface area contributed by atoms with Gasteiger partial charge in [-0.2, -0.15) is 0 Å². The topological polar surface area (TPSA) is 55.0 Å². The molecule has 3 aromatic rings. The van der Waals surface area contributed by atoms with Crippen LogP contribution in [0.4, 0.5) is 0 Å². The van der Waals surface area contributed by atoms with Gasteiger partial charge in [0, 0.05) is 34.6 Å². The first kappa shape index (κ1) is 16.7. The van der Waals surface area contributed by atoms with Gasteiger partial charge in [-0.15, -0.1) is 0 Å². The summed E-state index contributed by atoms with van der Waals surface area (Å²) in [6, 6.07) is 12.6. The molecule has 0 atom stereocenters. The van der Waals surface area contributed by atoms with E-state index in [0.717, 1.165) is 11.3 Å². The number of hydrogen-bond donors (Lipinski definition) is 1. The van der Waals surface area contributed by atoms with E-state index in [1.807, 2.05) is 33.0 Å². The number of nitrogens with zero attached hydrogens (tertiary/aromatic N) is 1. The first-order valence-corrected chi connectivity index (χ1v) is 7.50. The normalized spacial score (nSPS) is 10.8. The number of fused-ring (bicyclic) bond motifs is 1. The molecule has 0 saturated heterocycles. The van der Waals surface area contributed by atoms with Crippen molar-refractivity contribution in [2.24, 2.45) is 0 Å². The number of H-pyrrole nitrogens is 1. The third kappa shape index (κ3) is 4.95. The van der Waals surface area contributed by atoms with Gasteiger partial charge in [0.05, 0.1) is 0 Å². The highest BCUT2D eigenvalue weighted by Crippen LogP contribution is 2.23. The van der Waals surface area contributed by atoms with E-state index in [0.29, 0.717) is 6.47 Å². The summed E-state index contributed by atoms with van der Waals surface area (Å²) in [7, 11) is 0. The second-order valence-corrected chi connectivity index (χ2v) is 6.34. The summed E-state index contributed by atoms with van der Waals surface area (Å²) >= 11 is 0. The van der Waals surface area contributed by atoms with E-state index in [9.17, 15) is 4.79 Å². The van der Waals surface area contributed by atoms with E-state index in [-0.39, 0.29) is 5.60 Å². The number of benzene rings is 1. The maximum absolute atomic E-state index is 9.60. The molecule has 4 nitrogen and oxygen atoms in total. The van der Waals surface area contributed by atoms with Crippen LogP contribution in [0.3, 0.4) is 0 Å². The lowest BCUT2D eigenvalue weighted by Gasteiger charge is -2.14. The number of aromatic nitrogens is 2. The molecule has 0 fully saturated rings. The van der Waals surface area contributed by atoms with Crippen LogP contribution in [0.1, 0.15) is 26.3 Å². The molecule has 0 bridgehead atoms. The third-order valence-electron chi connectivity index (χ3n) is 3.15. The van der Waals surface area contributed by atoms with Gasteiger partial charge in [-0.25, -0.2) is 0 Å². The van der Waals surface area contributed by atoms with Gasteiger partial charge in [-0.3, -0.25) is 9.78 Å². The lowest BCUT2D eigenvalue weighted by atomic mass is 10.1. The second-order valence-electron chi connectivity index (χ2n) is 6.34. The minimum atomic E-state index is -0.318. The molecule has 0 aliphatic heterocycles. The second kappa shape index (κ2) is 7.09. The van der Waals surface area contributed by atoms with Crippen molar-refractivity contribution < 1.29 is 9.53 Å². The zero-order valence-corrected chi connectivity index (χ0v) is 14.0. The fourth-order valence-electron chi connectivity index (χ4n) is 2.07. The van der Waals surface area contributed by atoms with E-state index >= 15 is 0 Å². The molecule has 0 amide bonds. The molecule has 0 radical (unpaired) electrons. The molecule has 0 spiro atoms. The zero-order valence-electron chi connectivity index (χ0n) is 14.0. The summed E-state index contributed by atoms with van der Waals surface area (Å²) in [6.07, 6.45) is 3.66. The Morgan fingerprint density at radius 3 is 2.52 bits per heavy atom. The van der Waals surface area contributed by atoms with Gasteiger partial charge in [-0.1, -0.05) is 11.6 Å². The molecule has 0 unspecified atom stereocenters. The van der Waals surface area contributed by atoms with Gasteiger partial charge in [0.15, 0.2) is 0 Å². The van der Waals surface area contributed by atoms with E-state index in [4.69, 9.17) is 0 Å². The molecule has 0 aliphatic carbocycles. The quantitative estimate of drug-likeness (QED) is 0.709. The fraction of sp³-hybridized carbons (Fsp3) is 0.263. The van der Waals surface area contributed by atoms with Crippen molar-refractivity contribution >= 4 is 17.4 Å². The number of aromatic amines is 1. The van der Waals surface area contributed by atoms with Crippen LogP contribution in [0.15, 0.2) is 48.8 Å².